The van der Waals surface area contributed by atoms with Crippen LogP contribution in [0.2, 0.25) is 0 Å². The number of rotatable bonds is 0. The van der Waals surface area contributed by atoms with Crippen LogP contribution in [0.25, 0.3) is 11.0 Å². The van der Waals surface area contributed by atoms with Crippen LogP contribution < -0.4 is 5.56 Å². The van der Waals surface area contributed by atoms with Crippen molar-refractivity contribution < 1.29 is 5.21 Å². The molecule has 0 bridgehead atoms. The molecule has 0 spiro atoms. The highest BCUT2D eigenvalue weighted by Crippen LogP contribution is 2.00. The molecule has 0 saturated carbocycles. The summed E-state index contributed by atoms with van der Waals surface area (Å²) in [4.78, 5) is 17.5. The van der Waals surface area contributed by atoms with Crippen LogP contribution in [0.1, 0.15) is 0 Å². The summed E-state index contributed by atoms with van der Waals surface area (Å²) in [6.45, 7) is 0. The van der Waals surface area contributed by atoms with E-state index in [1.54, 1.807) is 0 Å². The van der Waals surface area contributed by atoms with E-state index in [4.69, 9.17) is 5.21 Å². The zero-order valence-electron chi connectivity index (χ0n) is 5.35. The fourth-order valence-electron chi connectivity index (χ4n) is 0.844. The van der Waals surface area contributed by atoms with E-state index in [2.05, 4.69) is 15.1 Å². The fraction of sp³-hybridized carbons (Fsp3) is 0. The number of aromatic amines is 1. The Hall–Kier alpha value is -1.85. The van der Waals surface area contributed by atoms with Gasteiger partial charge in [-0.15, -0.1) is 5.10 Å². The predicted molar refractivity (Wildman–Crippen MR) is 35.3 cm³/mol. The zero-order valence-corrected chi connectivity index (χ0v) is 5.35. The highest BCUT2D eigenvalue weighted by atomic mass is 16.5. The Morgan fingerprint density at radius 3 is 3.18 bits per heavy atom. The summed E-state index contributed by atoms with van der Waals surface area (Å²) in [6, 6.07) is 0. The van der Waals surface area contributed by atoms with E-state index in [9.17, 15) is 4.79 Å². The van der Waals surface area contributed by atoms with Gasteiger partial charge in [0.05, 0.1) is 12.5 Å². The molecule has 2 aromatic rings. The molecule has 0 amide bonds. The molecule has 0 radical (unpaired) electrons. The maximum atomic E-state index is 10.9. The van der Waals surface area contributed by atoms with E-state index in [0.29, 0.717) is 4.85 Å². The van der Waals surface area contributed by atoms with Crippen molar-refractivity contribution in [1.29, 1.82) is 0 Å². The standard InChI is InChI=1S/C5H4N4O2/c10-5-3-1-8-9(11)4(3)6-2-7-5/h1-2,11H,(H,6,7,10). The highest BCUT2D eigenvalue weighted by molar-refractivity contribution is 5.72. The van der Waals surface area contributed by atoms with Crippen molar-refractivity contribution in [3.8, 4) is 0 Å². The molecule has 0 aromatic carbocycles. The predicted octanol–water partition coefficient (Wildman–Crippen LogP) is -0.643. The van der Waals surface area contributed by atoms with Crippen LogP contribution in [0.4, 0.5) is 0 Å². The van der Waals surface area contributed by atoms with E-state index < -0.39 is 0 Å². The fourth-order valence-corrected chi connectivity index (χ4v) is 0.844. The third kappa shape index (κ3) is 0.689. The lowest BCUT2D eigenvalue weighted by Crippen LogP contribution is -2.05. The number of hydrogen-bond acceptors (Lipinski definition) is 4. The third-order valence-corrected chi connectivity index (χ3v) is 1.35. The second-order valence-electron chi connectivity index (χ2n) is 2.00. The molecule has 0 unspecified atom stereocenters. The molecule has 2 N–H and O–H groups in total. The Bertz CT molecular complexity index is 443. The van der Waals surface area contributed by atoms with Gasteiger partial charge >= 0.3 is 0 Å². The van der Waals surface area contributed by atoms with Crippen molar-refractivity contribution in [1.82, 2.24) is 19.9 Å². The van der Waals surface area contributed by atoms with Crippen LogP contribution in [0, 0.1) is 0 Å². The van der Waals surface area contributed by atoms with Crippen LogP contribution in [0.5, 0.6) is 0 Å². The molecule has 0 saturated heterocycles. The van der Waals surface area contributed by atoms with Gasteiger partial charge in [-0.1, -0.05) is 4.85 Å². The topological polar surface area (TPSA) is 83.8 Å². The molecule has 0 fully saturated rings. The van der Waals surface area contributed by atoms with Gasteiger partial charge in [-0.3, -0.25) is 4.79 Å². The molecular weight excluding hydrogens is 148 g/mol. The quantitative estimate of drug-likeness (QED) is 0.491. The Morgan fingerprint density at radius 1 is 1.64 bits per heavy atom. The maximum absolute atomic E-state index is 10.9. The lowest BCUT2D eigenvalue weighted by atomic mass is 10.4. The van der Waals surface area contributed by atoms with Gasteiger partial charge in [0.25, 0.3) is 5.56 Å². The van der Waals surface area contributed by atoms with Gasteiger partial charge in [0.2, 0.25) is 5.65 Å². The average molecular weight is 152 g/mol. The van der Waals surface area contributed by atoms with Crippen molar-refractivity contribution in [2.24, 2.45) is 0 Å². The van der Waals surface area contributed by atoms with Crippen molar-refractivity contribution in [2.75, 3.05) is 0 Å². The summed E-state index contributed by atoms with van der Waals surface area (Å²) in [6.07, 6.45) is 2.46. The average Bonchev–Trinajstić information content (AvgIpc) is 2.35. The molecule has 0 aliphatic heterocycles. The van der Waals surface area contributed by atoms with E-state index in [1.807, 2.05) is 0 Å². The van der Waals surface area contributed by atoms with Gasteiger partial charge in [-0.05, 0) is 0 Å². The lowest BCUT2D eigenvalue weighted by Gasteiger charge is -1.87. The number of aromatic nitrogens is 4. The normalized spacial score (nSPS) is 10.5. The molecule has 0 aliphatic carbocycles. The summed E-state index contributed by atoms with van der Waals surface area (Å²) in [5.74, 6) is 0. The minimum atomic E-state index is -0.310. The van der Waals surface area contributed by atoms with Crippen LogP contribution in [0.3, 0.4) is 0 Å². The Labute approximate surface area is 60.1 Å². The van der Waals surface area contributed by atoms with Crippen molar-refractivity contribution in [3.05, 3.63) is 22.9 Å². The van der Waals surface area contributed by atoms with Crippen LogP contribution in [-0.4, -0.2) is 25.1 Å². The SMILES string of the molecule is O=c1[nH]cnc2c1cnn2O. The molecule has 2 heterocycles. The minimum Gasteiger partial charge on any atom is -0.410 e. The van der Waals surface area contributed by atoms with Crippen LogP contribution in [-0.2, 0) is 0 Å². The molecule has 6 heteroatoms. The monoisotopic (exact) mass is 152 g/mol. The van der Waals surface area contributed by atoms with E-state index in [1.165, 1.54) is 12.5 Å². The van der Waals surface area contributed by atoms with Gasteiger partial charge in [-0.25, -0.2) is 4.98 Å². The number of H-pyrrole nitrogens is 1. The molecule has 0 aliphatic rings. The van der Waals surface area contributed by atoms with Gasteiger partial charge in [0, 0.05) is 0 Å². The van der Waals surface area contributed by atoms with Gasteiger partial charge < -0.3 is 10.2 Å². The van der Waals surface area contributed by atoms with Crippen molar-refractivity contribution in [2.45, 2.75) is 0 Å². The zero-order chi connectivity index (χ0) is 7.84. The molecule has 2 aromatic heterocycles. The molecule has 0 atom stereocenters. The first-order chi connectivity index (χ1) is 5.29. The van der Waals surface area contributed by atoms with E-state index >= 15 is 0 Å². The van der Waals surface area contributed by atoms with Crippen molar-refractivity contribution >= 4 is 11.0 Å². The number of fused-ring (bicyclic) bond motifs is 1. The molecule has 56 valence electrons. The lowest BCUT2D eigenvalue weighted by molar-refractivity contribution is 0.159. The summed E-state index contributed by atoms with van der Waals surface area (Å²) < 4.78 is 0. The third-order valence-electron chi connectivity index (χ3n) is 1.35. The summed E-state index contributed by atoms with van der Waals surface area (Å²) in [5, 5.41) is 12.6. The Morgan fingerprint density at radius 2 is 2.45 bits per heavy atom. The second kappa shape index (κ2) is 1.82. The smallest absolute Gasteiger partial charge is 0.261 e. The molecular formula is C5H4N4O2. The largest absolute Gasteiger partial charge is 0.410 e. The Kier molecular flexibility index (Phi) is 0.974. The number of nitrogens with one attached hydrogen (secondary N) is 1. The molecule has 6 nitrogen and oxygen atoms in total. The highest BCUT2D eigenvalue weighted by Gasteiger charge is 2.03. The first-order valence-electron chi connectivity index (χ1n) is 2.90. The van der Waals surface area contributed by atoms with Crippen LogP contribution in [0.15, 0.2) is 17.3 Å². The van der Waals surface area contributed by atoms with Gasteiger partial charge in [-0.2, -0.15) is 0 Å². The number of nitrogens with zero attached hydrogens (tertiary/aromatic N) is 3. The second-order valence-corrected chi connectivity index (χ2v) is 2.00. The first kappa shape index (κ1) is 5.90. The summed E-state index contributed by atoms with van der Waals surface area (Å²) in [5.41, 5.74) is -0.149. The minimum absolute atomic E-state index is 0.161. The van der Waals surface area contributed by atoms with E-state index in [-0.39, 0.29) is 16.6 Å². The first-order valence-corrected chi connectivity index (χ1v) is 2.90. The van der Waals surface area contributed by atoms with Crippen LogP contribution >= 0.6 is 0 Å². The Balaban J connectivity index is 3.06. The van der Waals surface area contributed by atoms with E-state index in [0.717, 1.165) is 0 Å². The van der Waals surface area contributed by atoms with Gasteiger partial charge in [0.1, 0.15) is 5.39 Å². The molecule has 2 rings (SSSR count). The molecule has 11 heavy (non-hydrogen) atoms. The summed E-state index contributed by atoms with van der Waals surface area (Å²) in [7, 11) is 0. The van der Waals surface area contributed by atoms with Crippen molar-refractivity contribution in [3.63, 3.8) is 0 Å². The number of hydrogen-bond donors (Lipinski definition) is 2. The van der Waals surface area contributed by atoms with Gasteiger partial charge in [0.15, 0.2) is 0 Å². The maximum Gasteiger partial charge on any atom is 0.261 e. The summed E-state index contributed by atoms with van der Waals surface area (Å²) >= 11 is 0.